The molecule has 9 nitrogen and oxygen atoms in total. The molecule has 3 aromatic rings. The number of aryl methyl sites for hydroxylation is 1. The molecule has 1 aromatic carbocycles. The van der Waals surface area contributed by atoms with E-state index in [-0.39, 0.29) is 29.5 Å². The maximum Gasteiger partial charge on any atom is 0.251 e. The fourth-order valence-corrected chi connectivity index (χ4v) is 4.64. The largest absolute Gasteiger partial charge is 0.497 e. The smallest absolute Gasteiger partial charge is 0.251 e. The zero-order valence-electron chi connectivity index (χ0n) is 19.3. The number of ether oxygens (including phenoxy) is 1. The minimum atomic E-state index is -0.339. The molecule has 3 rings (SSSR count). The lowest BCUT2D eigenvalue weighted by molar-refractivity contribution is -0.113. The Kier molecular flexibility index (Phi) is 8.45. The van der Waals surface area contributed by atoms with Gasteiger partial charge in [0, 0.05) is 17.5 Å². The van der Waals surface area contributed by atoms with Crippen LogP contribution in [0.1, 0.15) is 48.7 Å². The second kappa shape index (κ2) is 11.3. The molecule has 0 bridgehead atoms. The van der Waals surface area contributed by atoms with Crippen LogP contribution in [0.3, 0.4) is 0 Å². The number of thioether (sulfide) groups is 1. The summed E-state index contributed by atoms with van der Waals surface area (Å²) in [6.45, 7) is 8.51. The highest BCUT2D eigenvalue weighted by atomic mass is 32.2. The van der Waals surface area contributed by atoms with Gasteiger partial charge < -0.3 is 19.9 Å². The van der Waals surface area contributed by atoms with Crippen LogP contribution in [0, 0.1) is 12.8 Å². The van der Waals surface area contributed by atoms with Crippen molar-refractivity contribution in [2.75, 3.05) is 18.2 Å². The number of hydrogen-bond donors (Lipinski definition) is 2. The summed E-state index contributed by atoms with van der Waals surface area (Å²) in [5.74, 6) is 1.25. The molecule has 0 saturated heterocycles. The normalized spacial score (nSPS) is 11.9. The van der Waals surface area contributed by atoms with Crippen LogP contribution in [-0.4, -0.2) is 44.4 Å². The van der Waals surface area contributed by atoms with Gasteiger partial charge in [0.1, 0.15) is 5.75 Å². The summed E-state index contributed by atoms with van der Waals surface area (Å²) in [6, 6.07) is 6.61. The predicted molar refractivity (Wildman–Crippen MR) is 130 cm³/mol. The molecule has 0 radical (unpaired) electrons. The molecule has 0 fully saturated rings. The first kappa shape index (κ1) is 24.7. The first-order valence-corrected chi connectivity index (χ1v) is 12.4. The number of aromatic nitrogens is 4. The number of methoxy groups -OCH3 is 1. The maximum atomic E-state index is 12.9. The highest BCUT2D eigenvalue weighted by molar-refractivity contribution is 7.99. The number of hydrogen-bond acceptors (Lipinski definition) is 8. The molecule has 0 aliphatic carbocycles. The quantitative estimate of drug-likeness (QED) is 0.416. The molecule has 11 heteroatoms. The molecule has 1 atom stereocenters. The van der Waals surface area contributed by atoms with E-state index in [9.17, 15) is 9.59 Å². The number of rotatable bonds is 10. The van der Waals surface area contributed by atoms with Gasteiger partial charge in [-0.25, -0.2) is 4.98 Å². The van der Waals surface area contributed by atoms with E-state index in [1.807, 2.05) is 37.6 Å². The highest BCUT2D eigenvalue weighted by Gasteiger charge is 2.26. The van der Waals surface area contributed by atoms with Gasteiger partial charge >= 0.3 is 0 Å². The lowest BCUT2D eigenvalue weighted by Gasteiger charge is -2.22. The monoisotopic (exact) mass is 488 g/mol. The standard InChI is InChI=1S/C22H28N6O3S2/c1-6-28-19(18(13(2)3)25-20(30)15-7-9-16(31-5)10-8-15)26-27-22(28)33-12-17(29)24-21-23-14(4)11-32-21/h7-11,13,18H,6,12H2,1-5H3,(H,25,30)(H,23,24,29)/t18-/m1/s1. The zero-order valence-corrected chi connectivity index (χ0v) is 20.9. The van der Waals surface area contributed by atoms with Gasteiger partial charge in [0.25, 0.3) is 5.91 Å². The van der Waals surface area contributed by atoms with Gasteiger partial charge in [0.2, 0.25) is 5.91 Å². The number of benzene rings is 1. The van der Waals surface area contributed by atoms with E-state index in [1.54, 1.807) is 31.4 Å². The fraction of sp³-hybridized carbons (Fsp3) is 0.409. The van der Waals surface area contributed by atoms with Gasteiger partial charge in [-0.15, -0.1) is 21.5 Å². The van der Waals surface area contributed by atoms with E-state index in [0.717, 1.165) is 5.69 Å². The van der Waals surface area contributed by atoms with Crippen LogP contribution in [0.5, 0.6) is 5.75 Å². The number of anilines is 1. The Morgan fingerprint density at radius 1 is 1.21 bits per heavy atom. The van der Waals surface area contributed by atoms with Crippen LogP contribution in [0.2, 0.25) is 0 Å². The highest BCUT2D eigenvalue weighted by Crippen LogP contribution is 2.26. The summed E-state index contributed by atoms with van der Waals surface area (Å²) in [7, 11) is 1.58. The van der Waals surface area contributed by atoms with Gasteiger partial charge in [-0.05, 0) is 44.0 Å². The summed E-state index contributed by atoms with van der Waals surface area (Å²) in [5, 5.41) is 17.6. The van der Waals surface area contributed by atoms with Gasteiger partial charge in [0.05, 0.1) is 24.6 Å². The SMILES string of the molecule is CCn1c(SCC(=O)Nc2nc(C)cs2)nnc1[C@H](NC(=O)c1ccc(OC)cc1)C(C)C. The molecule has 0 unspecified atom stereocenters. The van der Waals surface area contributed by atoms with Gasteiger partial charge in [-0.1, -0.05) is 25.6 Å². The molecule has 0 saturated carbocycles. The summed E-state index contributed by atoms with van der Waals surface area (Å²) in [5.41, 5.74) is 1.41. The third-order valence-corrected chi connectivity index (χ3v) is 6.69. The average Bonchev–Trinajstić information content (AvgIpc) is 3.40. The lowest BCUT2D eigenvalue weighted by Crippen LogP contribution is -2.33. The van der Waals surface area contributed by atoms with Crippen molar-refractivity contribution in [2.45, 2.75) is 45.4 Å². The summed E-state index contributed by atoms with van der Waals surface area (Å²) >= 11 is 2.69. The van der Waals surface area contributed by atoms with Gasteiger partial charge in [-0.2, -0.15) is 0 Å². The van der Waals surface area contributed by atoms with Crippen LogP contribution < -0.4 is 15.4 Å². The molecule has 2 amide bonds. The van der Waals surface area contributed by atoms with Crippen LogP contribution >= 0.6 is 23.1 Å². The average molecular weight is 489 g/mol. The number of carbonyl (C=O) groups excluding carboxylic acids is 2. The van der Waals surface area contributed by atoms with E-state index < -0.39 is 0 Å². The van der Waals surface area contributed by atoms with Crippen molar-refractivity contribution in [1.82, 2.24) is 25.1 Å². The van der Waals surface area contributed by atoms with Crippen LogP contribution in [0.4, 0.5) is 5.13 Å². The minimum absolute atomic E-state index is 0.0796. The molecule has 0 spiro atoms. The van der Waals surface area contributed by atoms with E-state index >= 15 is 0 Å². The maximum absolute atomic E-state index is 12.9. The first-order chi connectivity index (χ1) is 15.8. The molecular formula is C22H28N6O3S2. The Hall–Kier alpha value is -2.92. The topological polar surface area (TPSA) is 111 Å². The van der Waals surface area contributed by atoms with Crippen LogP contribution in [0.15, 0.2) is 34.8 Å². The van der Waals surface area contributed by atoms with Crippen molar-refractivity contribution < 1.29 is 14.3 Å². The van der Waals surface area contributed by atoms with E-state index in [0.29, 0.717) is 34.0 Å². The van der Waals surface area contributed by atoms with Gasteiger partial charge in [0.15, 0.2) is 16.1 Å². The summed E-state index contributed by atoms with van der Waals surface area (Å²) in [6.07, 6.45) is 0. The van der Waals surface area contributed by atoms with Crippen molar-refractivity contribution in [1.29, 1.82) is 0 Å². The van der Waals surface area contributed by atoms with Gasteiger partial charge in [-0.3, -0.25) is 9.59 Å². The van der Waals surface area contributed by atoms with Crippen molar-refractivity contribution in [3.8, 4) is 5.75 Å². The molecule has 0 aliphatic heterocycles. The molecule has 2 N–H and O–H groups in total. The second-order valence-corrected chi connectivity index (χ2v) is 9.44. The molecule has 2 aromatic heterocycles. The Balaban J connectivity index is 1.70. The van der Waals surface area contributed by atoms with E-state index in [4.69, 9.17) is 4.74 Å². The number of nitrogens with zero attached hydrogens (tertiary/aromatic N) is 4. The molecule has 2 heterocycles. The summed E-state index contributed by atoms with van der Waals surface area (Å²) < 4.78 is 7.09. The number of nitrogens with one attached hydrogen (secondary N) is 2. The van der Waals surface area contributed by atoms with Crippen molar-refractivity contribution >= 4 is 40.0 Å². The molecule has 0 aliphatic rings. The van der Waals surface area contributed by atoms with E-state index in [2.05, 4.69) is 25.8 Å². The Bertz CT molecular complexity index is 1090. The Morgan fingerprint density at radius 2 is 1.94 bits per heavy atom. The molecular weight excluding hydrogens is 460 g/mol. The number of carbonyl (C=O) groups is 2. The molecule has 176 valence electrons. The fourth-order valence-electron chi connectivity index (χ4n) is 3.13. The zero-order chi connectivity index (χ0) is 24.0. The third-order valence-electron chi connectivity index (χ3n) is 4.84. The number of amides is 2. The lowest BCUT2D eigenvalue weighted by atomic mass is 10.0. The third kappa shape index (κ3) is 6.32. The van der Waals surface area contributed by atoms with Crippen LogP contribution in [0.25, 0.3) is 0 Å². The Labute approximate surface area is 201 Å². The Morgan fingerprint density at radius 3 is 2.52 bits per heavy atom. The van der Waals surface area contributed by atoms with Crippen LogP contribution in [-0.2, 0) is 11.3 Å². The van der Waals surface area contributed by atoms with Crippen molar-refractivity contribution in [2.24, 2.45) is 5.92 Å². The second-order valence-electron chi connectivity index (χ2n) is 7.64. The summed E-state index contributed by atoms with van der Waals surface area (Å²) in [4.78, 5) is 29.4. The van der Waals surface area contributed by atoms with Crippen molar-refractivity contribution in [3.05, 3.63) is 46.7 Å². The minimum Gasteiger partial charge on any atom is -0.497 e. The predicted octanol–water partition coefficient (Wildman–Crippen LogP) is 3.93. The van der Waals surface area contributed by atoms with E-state index in [1.165, 1.54) is 23.1 Å². The first-order valence-electron chi connectivity index (χ1n) is 10.5. The number of thiazole rings is 1. The molecule has 33 heavy (non-hydrogen) atoms. The van der Waals surface area contributed by atoms with Crippen molar-refractivity contribution in [3.63, 3.8) is 0 Å².